The lowest BCUT2D eigenvalue weighted by molar-refractivity contribution is -0.206. The van der Waals surface area contributed by atoms with Crippen molar-refractivity contribution in [3.63, 3.8) is 0 Å². The molecule has 0 saturated carbocycles. The van der Waals surface area contributed by atoms with Crippen molar-refractivity contribution in [2.24, 2.45) is 5.92 Å². The van der Waals surface area contributed by atoms with Crippen LogP contribution in [0.15, 0.2) is 61.2 Å². The fourth-order valence-electron chi connectivity index (χ4n) is 5.16. The standard InChI is InChI=1S/C35H52O3/c1-3-5-7-9-11-12-13-15-17-27-36-34-25-23-32(24-26-34)31-19-21-33(22-20-31)35-37-28-30(29-38-35)18-16-14-10-8-6-4-2/h3,19-26,30,35H,1,4-18,27-29H2,2H3. The van der Waals surface area contributed by atoms with Gasteiger partial charge < -0.3 is 14.2 Å². The molecule has 0 aliphatic carbocycles. The normalized spacial score (nSPS) is 17.4. The maximum absolute atomic E-state index is 6.08. The molecule has 0 spiro atoms. The molecule has 3 nitrogen and oxygen atoms in total. The van der Waals surface area contributed by atoms with E-state index in [4.69, 9.17) is 14.2 Å². The highest BCUT2D eigenvalue weighted by atomic mass is 16.7. The van der Waals surface area contributed by atoms with Gasteiger partial charge in [-0.05, 0) is 48.9 Å². The van der Waals surface area contributed by atoms with Gasteiger partial charge >= 0.3 is 0 Å². The van der Waals surface area contributed by atoms with Crippen molar-refractivity contribution < 1.29 is 14.2 Å². The summed E-state index contributed by atoms with van der Waals surface area (Å²) in [6, 6.07) is 17.1. The third-order valence-electron chi connectivity index (χ3n) is 7.62. The molecule has 1 heterocycles. The second-order valence-corrected chi connectivity index (χ2v) is 11.0. The average Bonchev–Trinajstić information content (AvgIpc) is 2.97. The smallest absolute Gasteiger partial charge is 0.183 e. The lowest BCUT2D eigenvalue weighted by Crippen LogP contribution is -2.27. The van der Waals surface area contributed by atoms with Crippen LogP contribution >= 0.6 is 0 Å². The van der Waals surface area contributed by atoms with E-state index >= 15 is 0 Å². The van der Waals surface area contributed by atoms with Gasteiger partial charge in [-0.25, -0.2) is 0 Å². The molecular formula is C35H52O3. The van der Waals surface area contributed by atoms with E-state index in [0.29, 0.717) is 5.92 Å². The first kappa shape index (κ1) is 30.4. The van der Waals surface area contributed by atoms with Crippen LogP contribution in [0.1, 0.15) is 115 Å². The highest BCUT2D eigenvalue weighted by Gasteiger charge is 2.23. The van der Waals surface area contributed by atoms with Crippen molar-refractivity contribution in [3.8, 4) is 16.9 Å². The van der Waals surface area contributed by atoms with E-state index in [-0.39, 0.29) is 6.29 Å². The van der Waals surface area contributed by atoms with Crippen LogP contribution in [0.3, 0.4) is 0 Å². The van der Waals surface area contributed by atoms with Crippen molar-refractivity contribution in [1.82, 2.24) is 0 Å². The minimum Gasteiger partial charge on any atom is -0.494 e. The van der Waals surface area contributed by atoms with E-state index < -0.39 is 0 Å². The minimum absolute atomic E-state index is 0.238. The molecule has 3 heteroatoms. The Morgan fingerprint density at radius 2 is 1.26 bits per heavy atom. The number of allylic oxidation sites excluding steroid dienone is 1. The van der Waals surface area contributed by atoms with Crippen LogP contribution in [0.2, 0.25) is 0 Å². The molecule has 0 radical (unpaired) electrons. The van der Waals surface area contributed by atoms with Crippen molar-refractivity contribution in [3.05, 3.63) is 66.7 Å². The van der Waals surface area contributed by atoms with E-state index in [1.54, 1.807) is 0 Å². The SMILES string of the molecule is C=CCCCCCCCCCOc1ccc(-c2ccc(C3OCC(CCCCCCCC)CO3)cc2)cc1. The lowest BCUT2D eigenvalue weighted by atomic mass is 10.0. The Morgan fingerprint density at radius 1 is 0.711 bits per heavy atom. The molecule has 0 bridgehead atoms. The van der Waals surface area contributed by atoms with Crippen LogP contribution in [-0.4, -0.2) is 19.8 Å². The van der Waals surface area contributed by atoms with Gasteiger partial charge in [0.2, 0.25) is 0 Å². The summed E-state index contributed by atoms with van der Waals surface area (Å²) in [5.74, 6) is 1.49. The highest BCUT2D eigenvalue weighted by molar-refractivity contribution is 5.64. The van der Waals surface area contributed by atoms with Crippen LogP contribution < -0.4 is 4.74 Å². The summed E-state index contributed by atoms with van der Waals surface area (Å²) in [5, 5.41) is 0. The first-order valence-electron chi connectivity index (χ1n) is 15.5. The molecule has 38 heavy (non-hydrogen) atoms. The molecule has 210 valence electrons. The van der Waals surface area contributed by atoms with Gasteiger partial charge in [-0.3, -0.25) is 0 Å². The van der Waals surface area contributed by atoms with Crippen LogP contribution in [-0.2, 0) is 9.47 Å². The number of hydrogen-bond donors (Lipinski definition) is 0. The average molecular weight is 521 g/mol. The number of unbranched alkanes of at least 4 members (excludes halogenated alkanes) is 12. The lowest BCUT2D eigenvalue weighted by Gasteiger charge is -2.29. The second-order valence-electron chi connectivity index (χ2n) is 11.0. The molecular weight excluding hydrogens is 468 g/mol. The Labute approximate surface area is 233 Å². The Kier molecular flexibility index (Phi) is 15.3. The zero-order chi connectivity index (χ0) is 26.7. The topological polar surface area (TPSA) is 27.7 Å². The highest BCUT2D eigenvalue weighted by Crippen LogP contribution is 2.30. The molecule has 0 unspecified atom stereocenters. The van der Waals surface area contributed by atoms with Gasteiger partial charge in [-0.2, -0.15) is 0 Å². The van der Waals surface area contributed by atoms with Gasteiger partial charge in [0.05, 0.1) is 19.8 Å². The van der Waals surface area contributed by atoms with Gasteiger partial charge in [0.1, 0.15) is 5.75 Å². The Bertz CT molecular complexity index is 850. The van der Waals surface area contributed by atoms with Gasteiger partial charge in [0.15, 0.2) is 6.29 Å². The van der Waals surface area contributed by atoms with Gasteiger partial charge in [-0.1, -0.05) is 120 Å². The summed E-state index contributed by atoms with van der Waals surface area (Å²) < 4.78 is 18.1. The van der Waals surface area contributed by atoms with Gasteiger partial charge in [0.25, 0.3) is 0 Å². The minimum atomic E-state index is -0.238. The van der Waals surface area contributed by atoms with Crippen LogP contribution in [0, 0.1) is 5.92 Å². The summed E-state index contributed by atoms with van der Waals surface area (Å²) in [4.78, 5) is 0. The predicted octanol–water partition coefficient (Wildman–Crippen LogP) is 10.5. The van der Waals surface area contributed by atoms with Crippen molar-refractivity contribution in [2.45, 2.75) is 110 Å². The van der Waals surface area contributed by atoms with E-state index in [0.717, 1.165) is 44.0 Å². The summed E-state index contributed by atoms with van der Waals surface area (Å²) in [6.45, 7) is 8.46. The number of hydrogen-bond acceptors (Lipinski definition) is 3. The largest absolute Gasteiger partial charge is 0.494 e. The monoisotopic (exact) mass is 520 g/mol. The third kappa shape index (κ3) is 11.7. The van der Waals surface area contributed by atoms with Crippen molar-refractivity contribution >= 4 is 0 Å². The maximum Gasteiger partial charge on any atom is 0.183 e. The first-order valence-corrected chi connectivity index (χ1v) is 15.5. The van der Waals surface area contributed by atoms with Crippen LogP contribution in [0.4, 0.5) is 0 Å². The quantitative estimate of drug-likeness (QED) is 0.128. The predicted molar refractivity (Wildman–Crippen MR) is 161 cm³/mol. The molecule has 0 aromatic heterocycles. The molecule has 2 aromatic rings. The molecule has 0 N–H and O–H groups in total. The summed E-state index contributed by atoms with van der Waals surface area (Å²) in [6.07, 6.45) is 21.2. The summed E-state index contributed by atoms with van der Waals surface area (Å²) in [5.41, 5.74) is 3.50. The number of rotatable bonds is 20. The van der Waals surface area contributed by atoms with E-state index in [9.17, 15) is 0 Å². The van der Waals surface area contributed by atoms with E-state index in [1.807, 2.05) is 6.08 Å². The zero-order valence-electron chi connectivity index (χ0n) is 24.0. The molecule has 1 aliphatic rings. The molecule has 1 fully saturated rings. The third-order valence-corrected chi connectivity index (χ3v) is 7.62. The molecule has 3 rings (SSSR count). The zero-order valence-corrected chi connectivity index (χ0v) is 24.0. The molecule has 2 aromatic carbocycles. The first-order chi connectivity index (χ1) is 18.8. The summed E-state index contributed by atoms with van der Waals surface area (Å²) >= 11 is 0. The second kappa shape index (κ2) is 19.0. The number of ether oxygens (including phenoxy) is 3. The molecule has 0 atom stereocenters. The Morgan fingerprint density at radius 3 is 1.89 bits per heavy atom. The molecule has 1 aliphatic heterocycles. The summed E-state index contributed by atoms with van der Waals surface area (Å²) in [7, 11) is 0. The van der Waals surface area contributed by atoms with Gasteiger partial charge in [-0.15, -0.1) is 6.58 Å². The molecule has 0 amide bonds. The Hall–Kier alpha value is -2.10. The van der Waals surface area contributed by atoms with Gasteiger partial charge in [0, 0.05) is 11.5 Å². The Balaban J connectivity index is 1.30. The van der Waals surface area contributed by atoms with Crippen molar-refractivity contribution in [1.29, 1.82) is 0 Å². The van der Waals surface area contributed by atoms with Crippen LogP contribution in [0.25, 0.3) is 11.1 Å². The number of benzene rings is 2. The molecule has 1 saturated heterocycles. The maximum atomic E-state index is 6.08. The van der Waals surface area contributed by atoms with Crippen molar-refractivity contribution in [2.75, 3.05) is 19.8 Å². The fraction of sp³-hybridized carbons (Fsp3) is 0.600. The van der Waals surface area contributed by atoms with Crippen LogP contribution in [0.5, 0.6) is 5.75 Å². The fourth-order valence-corrected chi connectivity index (χ4v) is 5.16. The van der Waals surface area contributed by atoms with E-state index in [2.05, 4.69) is 62.0 Å². The van der Waals surface area contributed by atoms with E-state index in [1.165, 1.54) is 94.6 Å².